The van der Waals surface area contributed by atoms with Gasteiger partial charge in [-0.25, -0.2) is 4.57 Å². The Balaban J connectivity index is 0.00000332. The van der Waals surface area contributed by atoms with Crippen molar-refractivity contribution in [2.45, 2.75) is 88.0 Å². The molecule has 0 fully saturated rings. The van der Waals surface area contributed by atoms with Crippen molar-refractivity contribution in [3.05, 3.63) is 83.3 Å². The molecular formula is C30H46CrN2. The summed E-state index contributed by atoms with van der Waals surface area (Å²) in [5.41, 5.74) is 7.98. The minimum absolute atomic E-state index is 0. The zero-order chi connectivity index (χ0) is 24.4. The molecule has 0 saturated carbocycles. The molecule has 182 valence electrons. The van der Waals surface area contributed by atoms with Crippen molar-refractivity contribution in [2.24, 2.45) is 5.92 Å². The van der Waals surface area contributed by atoms with Crippen molar-refractivity contribution >= 4 is 6.20 Å². The minimum atomic E-state index is 0. The van der Waals surface area contributed by atoms with Gasteiger partial charge in [-0.1, -0.05) is 99.1 Å². The summed E-state index contributed by atoms with van der Waals surface area (Å²) in [5.74, 6) is 1.53. The van der Waals surface area contributed by atoms with Crippen molar-refractivity contribution in [1.29, 1.82) is 0 Å². The second kappa shape index (κ2) is 15.1. The predicted molar refractivity (Wildman–Crippen MR) is 142 cm³/mol. The molecule has 2 rings (SSSR count). The molecule has 0 amide bonds. The van der Waals surface area contributed by atoms with Crippen molar-refractivity contribution in [3.63, 3.8) is 0 Å². The molecule has 2 nitrogen and oxygen atoms in total. The van der Waals surface area contributed by atoms with E-state index in [2.05, 4.69) is 133 Å². The van der Waals surface area contributed by atoms with Crippen LogP contribution in [-0.2, 0) is 17.4 Å². The van der Waals surface area contributed by atoms with Crippen LogP contribution < -0.4 is 4.57 Å². The van der Waals surface area contributed by atoms with Gasteiger partial charge in [0.25, 0.3) is 0 Å². The van der Waals surface area contributed by atoms with Crippen LogP contribution in [0.5, 0.6) is 0 Å². The number of nitrogens with zero attached hydrogens (tertiary/aromatic N) is 2. The largest absolute Gasteiger partial charge is 0.263 e. The summed E-state index contributed by atoms with van der Waals surface area (Å²) >= 11 is 0. The molecule has 0 aliphatic carbocycles. The summed E-state index contributed by atoms with van der Waals surface area (Å²) < 4.78 is 4.42. The molecule has 1 aromatic heterocycles. The van der Waals surface area contributed by atoms with Crippen LogP contribution in [-0.4, -0.2) is 4.57 Å². The quantitative estimate of drug-likeness (QED) is 0.200. The van der Waals surface area contributed by atoms with Gasteiger partial charge in [-0.05, 0) is 30.9 Å². The molecule has 1 aromatic carbocycles. The Kier molecular flexibility index (Phi) is 14.2. The SMILES string of the molecule is CC.C[CH-]C(/C=C(C)\C=C(/C)C(C)C)=C\[n+]1ccn(-c2c(C(C)C)cccc2C(C)C)c1.[Cr]. The Hall–Kier alpha value is -1.95. The van der Waals surface area contributed by atoms with Gasteiger partial charge in [0.2, 0.25) is 6.33 Å². The zero-order valence-corrected chi connectivity index (χ0v) is 24.1. The monoisotopic (exact) mass is 486 g/mol. The first-order chi connectivity index (χ1) is 15.1. The van der Waals surface area contributed by atoms with E-state index in [0.29, 0.717) is 17.8 Å². The number of para-hydroxylation sites is 1. The third-order valence-electron chi connectivity index (χ3n) is 5.65. The van der Waals surface area contributed by atoms with Gasteiger partial charge < -0.3 is 0 Å². The van der Waals surface area contributed by atoms with Gasteiger partial charge in [0.05, 0.1) is 0 Å². The number of allylic oxidation sites excluding steroid dienone is 5. The van der Waals surface area contributed by atoms with E-state index in [4.69, 9.17) is 0 Å². The molecular weight excluding hydrogens is 440 g/mol. The maximum Gasteiger partial charge on any atom is 0.242 e. The van der Waals surface area contributed by atoms with Crippen molar-refractivity contribution in [1.82, 2.24) is 4.57 Å². The molecule has 0 aliphatic rings. The first-order valence-corrected chi connectivity index (χ1v) is 12.2. The standard InChI is InChI=1S/C28H40N2.C2H6.Cr/c1-10-25(17-23(8)16-24(9)20(2)3)18-29-14-15-30(19-29)28-26(21(4)5)12-11-13-27(28)22(6)7;1-2;/h10-22H,1-9H3;1-2H3;/b23-17-,24-16+,25-18+;;. The van der Waals surface area contributed by atoms with E-state index in [-0.39, 0.29) is 17.4 Å². The van der Waals surface area contributed by atoms with E-state index in [1.54, 1.807) is 0 Å². The van der Waals surface area contributed by atoms with E-state index in [9.17, 15) is 0 Å². The molecule has 0 unspecified atom stereocenters. The third kappa shape index (κ3) is 9.07. The van der Waals surface area contributed by atoms with E-state index < -0.39 is 0 Å². The topological polar surface area (TPSA) is 8.81 Å². The average Bonchev–Trinajstić information content (AvgIpc) is 3.21. The maximum absolute atomic E-state index is 2.28. The summed E-state index contributed by atoms with van der Waals surface area (Å²) in [4.78, 5) is 0. The van der Waals surface area contributed by atoms with E-state index in [1.807, 2.05) is 13.8 Å². The summed E-state index contributed by atoms with van der Waals surface area (Å²) in [6.45, 7) is 24.0. The molecule has 0 aliphatic heterocycles. The Morgan fingerprint density at radius 1 is 0.939 bits per heavy atom. The van der Waals surface area contributed by atoms with Crippen molar-refractivity contribution < 1.29 is 21.9 Å². The summed E-state index contributed by atoms with van der Waals surface area (Å²) in [6.07, 6.45) is 15.3. The Bertz CT molecular complexity index is 914. The number of imidazole rings is 1. The molecule has 3 heteroatoms. The number of hydrogen-bond acceptors (Lipinski definition) is 0. The fourth-order valence-electron chi connectivity index (χ4n) is 3.59. The molecule has 2 aromatic rings. The predicted octanol–water partition coefficient (Wildman–Crippen LogP) is 8.65. The minimum Gasteiger partial charge on any atom is -0.263 e. The van der Waals surface area contributed by atoms with Crippen LogP contribution >= 0.6 is 0 Å². The molecule has 0 bridgehead atoms. The van der Waals surface area contributed by atoms with Gasteiger partial charge in [0, 0.05) is 28.5 Å². The number of hydrogen-bond donors (Lipinski definition) is 0. The van der Waals surface area contributed by atoms with Crippen LogP contribution in [0.25, 0.3) is 11.9 Å². The summed E-state index contributed by atoms with van der Waals surface area (Å²) in [5, 5.41) is 0. The smallest absolute Gasteiger partial charge is 0.242 e. The summed E-state index contributed by atoms with van der Waals surface area (Å²) in [7, 11) is 0. The zero-order valence-electron chi connectivity index (χ0n) is 22.8. The third-order valence-corrected chi connectivity index (χ3v) is 5.65. The van der Waals surface area contributed by atoms with Crippen LogP contribution in [0, 0.1) is 12.3 Å². The molecule has 0 spiro atoms. The summed E-state index contributed by atoms with van der Waals surface area (Å²) in [6, 6.07) is 6.70. The molecule has 0 atom stereocenters. The normalized spacial score (nSPS) is 12.6. The van der Waals surface area contributed by atoms with Crippen LogP contribution in [0.4, 0.5) is 0 Å². The van der Waals surface area contributed by atoms with Crippen LogP contribution in [0.2, 0.25) is 0 Å². The Labute approximate surface area is 215 Å². The van der Waals surface area contributed by atoms with Gasteiger partial charge >= 0.3 is 0 Å². The van der Waals surface area contributed by atoms with Gasteiger partial charge in [0.1, 0.15) is 18.1 Å². The van der Waals surface area contributed by atoms with Gasteiger partial charge in [0.15, 0.2) is 0 Å². The molecule has 1 heterocycles. The van der Waals surface area contributed by atoms with Crippen LogP contribution in [0.15, 0.2) is 65.8 Å². The Morgan fingerprint density at radius 3 is 1.94 bits per heavy atom. The average molecular weight is 487 g/mol. The van der Waals surface area contributed by atoms with Gasteiger partial charge in [-0.3, -0.25) is 4.57 Å². The van der Waals surface area contributed by atoms with Gasteiger partial charge in [-0.2, -0.15) is 18.1 Å². The second-order valence-electron chi connectivity index (χ2n) is 9.21. The van der Waals surface area contributed by atoms with Crippen LogP contribution in [0.3, 0.4) is 0 Å². The molecule has 33 heavy (non-hydrogen) atoms. The molecule has 0 radical (unpaired) electrons. The first-order valence-electron chi connectivity index (χ1n) is 12.2. The van der Waals surface area contributed by atoms with Gasteiger partial charge in [-0.15, -0.1) is 5.57 Å². The number of benzene rings is 1. The maximum atomic E-state index is 2.28. The fourth-order valence-corrected chi connectivity index (χ4v) is 3.59. The second-order valence-corrected chi connectivity index (χ2v) is 9.21. The van der Waals surface area contributed by atoms with E-state index in [0.717, 1.165) is 0 Å². The number of aromatic nitrogens is 2. The Morgan fingerprint density at radius 2 is 1.48 bits per heavy atom. The van der Waals surface area contributed by atoms with E-state index >= 15 is 0 Å². The van der Waals surface area contributed by atoms with Crippen molar-refractivity contribution in [2.75, 3.05) is 0 Å². The van der Waals surface area contributed by atoms with Crippen molar-refractivity contribution in [3.8, 4) is 5.69 Å². The molecule has 0 N–H and O–H groups in total. The van der Waals surface area contributed by atoms with Crippen LogP contribution in [0.1, 0.15) is 99.1 Å². The van der Waals surface area contributed by atoms with E-state index in [1.165, 1.54) is 33.5 Å². The first kappa shape index (κ1) is 31.1. The number of rotatable bonds is 8. The fraction of sp³-hybridized carbons (Fsp3) is 0.467. The molecule has 0 saturated heterocycles.